The molecule has 0 aliphatic rings. The van der Waals surface area contributed by atoms with Crippen molar-refractivity contribution < 1.29 is 0 Å². The maximum atomic E-state index is 3.20. The van der Waals surface area contributed by atoms with Gasteiger partial charge >= 0.3 is 0 Å². The Balaban J connectivity index is 2.43. The summed E-state index contributed by atoms with van der Waals surface area (Å²) < 4.78 is 0. The molecule has 17 heavy (non-hydrogen) atoms. The molecule has 0 saturated carbocycles. The SMILES string of the molecule is CNCCCC(C)N(C)Cc1ccccc1C. The number of rotatable bonds is 7. The van der Waals surface area contributed by atoms with Gasteiger partial charge in [-0.05, 0) is 58.5 Å². The van der Waals surface area contributed by atoms with E-state index in [1.165, 1.54) is 24.0 Å². The zero-order valence-electron chi connectivity index (χ0n) is 11.7. The van der Waals surface area contributed by atoms with Crippen LogP contribution in [0.4, 0.5) is 0 Å². The van der Waals surface area contributed by atoms with E-state index in [0.717, 1.165) is 13.1 Å². The summed E-state index contributed by atoms with van der Waals surface area (Å²) >= 11 is 0. The van der Waals surface area contributed by atoms with Gasteiger partial charge < -0.3 is 5.32 Å². The third-order valence-corrected chi connectivity index (χ3v) is 3.48. The molecule has 0 saturated heterocycles. The van der Waals surface area contributed by atoms with Crippen LogP contribution in [0.15, 0.2) is 24.3 Å². The quantitative estimate of drug-likeness (QED) is 0.730. The molecule has 0 fully saturated rings. The van der Waals surface area contributed by atoms with Crippen molar-refractivity contribution in [1.82, 2.24) is 10.2 Å². The first kappa shape index (κ1) is 14.2. The van der Waals surface area contributed by atoms with Crippen molar-refractivity contribution in [3.8, 4) is 0 Å². The standard InChI is InChI=1S/C15H26N2/c1-13-8-5-6-10-15(13)12-17(4)14(2)9-7-11-16-3/h5-6,8,10,14,16H,7,9,11-12H2,1-4H3. The number of benzene rings is 1. The Hall–Kier alpha value is -0.860. The number of aryl methyl sites for hydroxylation is 1. The fourth-order valence-electron chi connectivity index (χ4n) is 2.01. The van der Waals surface area contributed by atoms with Gasteiger partial charge in [-0.25, -0.2) is 0 Å². The summed E-state index contributed by atoms with van der Waals surface area (Å²) in [5.74, 6) is 0. The molecule has 0 radical (unpaired) electrons. The van der Waals surface area contributed by atoms with Crippen LogP contribution >= 0.6 is 0 Å². The van der Waals surface area contributed by atoms with Gasteiger partial charge in [0.05, 0.1) is 0 Å². The highest BCUT2D eigenvalue weighted by molar-refractivity contribution is 5.25. The highest BCUT2D eigenvalue weighted by atomic mass is 15.1. The van der Waals surface area contributed by atoms with Gasteiger partial charge in [-0.1, -0.05) is 24.3 Å². The Morgan fingerprint density at radius 2 is 2.00 bits per heavy atom. The summed E-state index contributed by atoms with van der Waals surface area (Å²) in [7, 11) is 4.23. The first-order valence-electron chi connectivity index (χ1n) is 6.54. The second-order valence-electron chi connectivity index (χ2n) is 4.94. The molecule has 0 amide bonds. The second-order valence-corrected chi connectivity index (χ2v) is 4.94. The minimum absolute atomic E-state index is 0.642. The van der Waals surface area contributed by atoms with Crippen LogP contribution in [0.3, 0.4) is 0 Å². The van der Waals surface area contributed by atoms with Crippen molar-refractivity contribution in [3.63, 3.8) is 0 Å². The molecule has 1 atom stereocenters. The number of hydrogen-bond donors (Lipinski definition) is 1. The Morgan fingerprint density at radius 3 is 2.65 bits per heavy atom. The Morgan fingerprint density at radius 1 is 1.29 bits per heavy atom. The van der Waals surface area contributed by atoms with Crippen LogP contribution in [0, 0.1) is 6.92 Å². The molecule has 0 spiro atoms. The van der Waals surface area contributed by atoms with Gasteiger partial charge in [0.15, 0.2) is 0 Å². The topological polar surface area (TPSA) is 15.3 Å². The van der Waals surface area contributed by atoms with Gasteiger partial charge in [-0.3, -0.25) is 4.90 Å². The van der Waals surface area contributed by atoms with Crippen LogP contribution in [-0.4, -0.2) is 31.6 Å². The van der Waals surface area contributed by atoms with E-state index in [9.17, 15) is 0 Å². The van der Waals surface area contributed by atoms with E-state index < -0.39 is 0 Å². The van der Waals surface area contributed by atoms with Gasteiger partial charge in [0.2, 0.25) is 0 Å². The lowest BCUT2D eigenvalue weighted by Gasteiger charge is -2.25. The van der Waals surface area contributed by atoms with E-state index in [4.69, 9.17) is 0 Å². The maximum Gasteiger partial charge on any atom is 0.0236 e. The third-order valence-electron chi connectivity index (χ3n) is 3.48. The minimum atomic E-state index is 0.642. The molecule has 0 aliphatic heterocycles. The van der Waals surface area contributed by atoms with Crippen molar-refractivity contribution in [2.45, 2.75) is 39.3 Å². The summed E-state index contributed by atoms with van der Waals surface area (Å²) in [6.07, 6.45) is 2.50. The van der Waals surface area contributed by atoms with Gasteiger partial charge in [0, 0.05) is 12.6 Å². The molecule has 0 bridgehead atoms. The molecule has 96 valence electrons. The van der Waals surface area contributed by atoms with E-state index in [2.05, 4.69) is 55.4 Å². The van der Waals surface area contributed by atoms with Crippen molar-refractivity contribution in [2.24, 2.45) is 0 Å². The third kappa shape index (κ3) is 4.88. The van der Waals surface area contributed by atoms with Crippen LogP contribution in [0.2, 0.25) is 0 Å². The largest absolute Gasteiger partial charge is 0.320 e. The van der Waals surface area contributed by atoms with Crippen LogP contribution in [0.5, 0.6) is 0 Å². The van der Waals surface area contributed by atoms with Gasteiger partial charge in [-0.2, -0.15) is 0 Å². The van der Waals surface area contributed by atoms with Gasteiger partial charge in [-0.15, -0.1) is 0 Å². The van der Waals surface area contributed by atoms with Crippen LogP contribution in [0.1, 0.15) is 30.9 Å². The Kier molecular flexibility index (Phi) is 6.23. The van der Waals surface area contributed by atoms with Crippen LogP contribution in [-0.2, 0) is 6.54 Å². The second kappa shape index (κ2) is 7.46. The first-order valence-corrected chi connectivity index (χ1v) is 6.54. The molecular weight excluding hydrogens is 208 g/mol. The molecule has 1 aromatic carbocycles. The van der Waals surface area contributed by atoms with E-state index in [1.807, 2.05) is 7.05 Å². The van der Waals surface area contributed by atoms with Crippen LogP contribution < -0.4 is 5.32 Å². The lowest BCUT2D eigenvalue weighted by Crippen LogP contribution is -2.29. The summed E-state index contributed by atoms with van der Waals surface area (Å²) in [6.45, 7) is 6.67. The average molecular weight is 234 g/mol. The fourth-order valence-corrected chi connectivity index (χ4v) is 2.01. The zero-order valence-corrected chi connectivity index (χ0v) is 11.7. The molecule has 1 N–H and O–H groups in total. The molecule has 1 rings (SSSR count). The van der Waals surface area contributed by atoms with Crippen molar-refractivity contribution in [2.75, 3.05) is 20.6 Å². The normalized spacial score (nSPS) is 13.0. The predicted molar refractivity (Wildman–Crippen MR) is 75.3 cm³/mol. The molecule has 0 aliphatic carbocycles. The number of nitrogens with one attached hydrogen (secondary N) is 1. The fraction of sp³-hybridized carbons (Fsp3) is 0.600. The minimum Gasteiger partial charge on any atom is -0.320 e. The molecule has 0 aromatic heterocycles. The predicted octanol–water partition coefficient (Wildman–Crippen LogP) is 2.81. The average Bonchev–Trinajstić information content (AvgIpc) is 2.32. The van der Waals surface area contributed by atoms with E-state index in [0.29, 0.717) is 6.04 Å². The highest BCUT2D eigenvalue weighted by Crippen LogP contribution is 2.13. The highest BCUT2D eigenvalue weighted by Gasteiger charge is 2.09. The molecular formula is C15H26N2. The monoisotopic (exact) mass is 234 g/mol. The van der Waals surface area contributed by atoms with Crippen molar-refractivity contribution >= 4 is 0 Å². The summed E-state index contributed by atoms with van der Waals surface area (Å²) in [4.78, 5) is 2.44. The lowest BCUT2D eigenvalue weighted by atomic mass is 10.1. The zero-order chi connectivity index (χ0) is 12.7. The summed E-state index contributed by atoms with van der Waals surface area (Å²) in [5.41, 5.74) is 2.83. The molecule has 2 heteroatoms. The van der Waals surface area contributed by atoms with E-state index in [-0.39, 0.29) is 0 Å². The number of nitrogens with zero attached hydrogens (tertiary/aromatic N) is 1. The molecule has 0 heterocycles. The Bertz CT molecular complexity index is 322. The molecule has 1 unspecified atom stereocenters. The van der Waals surface area contributed by atoms with Crippen molar-refractivity contribution in [3.05, 3.63) is 35.4 Å². The van der Waals surface area contributed by atoms with E-state index >= 15 is 0 Å². The molecule has 1 aromatic rings. The maximum absolute atomic E-state index is 3.20. The smallest absolute Gasteiger partial charge is 0.0236 e. The first-order chi connectivity index (χ1) is 8.15. The van der Waals surface area contributed by atoms with Gasteiger partial charge in [0.25, 0.3) is 0 Å². The molecule has 2 nitrogen and oxygen atoms in total. The van der Waals surface area contributed by atoms with E-state index in [1.54, 1.807) is 0 Å². The summed E-state index contributed by atoms with van der Waals surface area (Å²) in [6, 6.07) is 9.29. The lowest BCUT2D eigenvalue weighted by molar-refractivity contribution is 0.234. The van der Waals surface area contributed by atoms with Crippen molar-refractivity contribution in [1.29, 1.82) is 0 Å². The number of hydrogen-bond acceptors (Lipinski definition) is 2. The van der Waals surface area contributed by atoms with Gasteiger partial charge in [0.1, 0.15) is 0 Å². The summed E-state index contributed by atoms with van der Waals surface area (Å²) in [5, 5.41) is 3.20. The van der Waals surface area contributed by atoms with Crippen LogP contribution in [0.25, 0.3) is 0 Å². The Labute approximate surface area is 106 Å².